The van der Waals surface area contributed by atoms with Crippen LogP contribution in [-0.4, -0.2) is 26.8 Å². The van der Waals surface area contributed by atoms with Crippen molar-refractivity contribution in [2.24, 2.45) is 0 Å². The maximum Gasteiger partial charge on any atom is 0.304 e. The number of benzene rings is 1. The highest BCUT2D eigenvalue weighted by molar-refractivity contribution is 7.99. The van der Waals surface area contributed by atoms with Crippen LogP contribution in [0.25, 0.3) is 0 Å². The molecule has 0 aliphatic heterocycles. The molecule has 0 bridgehead atoms. The molecule has 0 radical (unpaired) electrons. The highest BCUT2D eigenvalue weighted by Crippen LogP contribution is 2.34. The van der Waals surface area contributed by atoms with Gasteiger partial charge in [-0.1, -0.05) is 18.2 Å². The van der Waals surface area contributed by atoms with Crippen LogP contribution in [0.4, 0.5) is 10.9 Å². The number of para-hydroxylation sites is 1. The number of aliphatic carboxylic acids is 1. The Kier molecular flexibility index (Phi) is 6.08. The van der Waals surface area contributed by atoms with Gasteiger partial charge in [-0.3, -0.25) is 4.79 Å². The van der Waals surface area contributed by atoms with Crippen LogP contribution in [0.1, 0.15) is 12.1 Å². The summed E-state index contributed by atoms with van der Waals surface area (Å²) in [5, 5.41) is 14.7. The predicted molar refractivity (Wildman–Crippen MR) is 104 cm³/mol. The highest BCUT2D eigenvalue weighted by atomic mass is 32.2. The molecule has 3 rings (SSSR count). The number of pyridine rings is 1. The fourth-order valence-electron chi connectivity index (χ4n) is 2.06. The van der Waals surface area contributed by atoms with Gasteiger partial charge in [0, 0.05) is 22.2 Å². The molecule has 2 heterocycles. The van der Waals surface area contributed by atoms with E-state index in [1.54, 1.807) is 6.20 Å². The summed E-state index contributed by atoms with van der Waals surface area (Å²) in [5.74, 6) is 1.47. The molecule has 0 aliphatic carbocycles. The minimum Gasteiger partial charge on any atom is -0.481 e. The van der Waals surface area contributed by atoms with E-state index in [1.165, 1.54) is 23.1 Å². The summed E-state index contributed by atoms with van der Waals surface area (Å²) in [4.78, 5) is 20.4. The number of aromatic nitrogens is 2. The third-order valence-electron chi connectivity index (χ3n) is 3.23. The molecule has 0 unspecified atom stereocenters. The van der Waals surface area contributed by atoms with Gasteiger partial charge in [0.2, 0.25) is 0 Å². The molecule has 0 spiro atoms. The minimum absolute atomic E-state index is 0.0952. The van der Waals surface area contributed by atoms with E-state index in [0.29, 0.717) is 23.1 Å². The van der Waals surface area contributed by atoms with E-state index in [1.807, 2.05) is 48.7 Å². The summed E-state index contributed by atoms with van der Waals surface area (Å²) in [6.07, 6.45) is 1.80. The molecule has 0 aliphatic rings. The molecule has 6 nitrogen and oxygen atoms in total. The number of hydrogen-bond acceptors (Lipinski definition) is 7. The number of nitrogens with one attached hydrogen (secondary N) is 1. The molecule has 0 atom stereocenters. The standard InChI is InChI=1S/C18H17N3O3S2/c1-12-11-26-18(20-12)21-17-15(24-13-5-3-2-4-6-13)9-14(10-19-17)25-8-7-16(22)23/h2-6,9-11H,7-8H2,1H3,(H,22,23)(H,19,20,21). The summed E-state index contributed by atoms with van der Waals surface area (Å²) in [7, 11) is 0. The van der Waals surface area contributed by atoms with Gasteiger partial charge in [-0.25, -0.2) is 9.97 Å². The van der Waals surface area contributed by atoms with Gasteiger partial charge >= 0.3 is 5.97 Å². The Morgan fingerprint density at radius 3 is 2.85 bits per heavy atom. The Labute approximate surface area is 159 Å². The topological polar surface area (TPSA) is 84.3 Å². The van der Waals surface area contributed by atoms with Gasteiger partial charge in [0.15, 0.2) is 16.7 Å². The zero-order chi connectivity index (χ0) is 18.4. The average molecular weight is 387 g/mol. The summed E-state index contributed by atoms with van der Waals surface area (Å²) in [5.41, 5.74) is 0.934. The van der Waals surface area contributed by atoms with E-state index >= 15 is 0 Å². The lowest BCUT2D eigenvalue weighted by molar-refractivity contribution is -0.136. The second kappa shape index (κ2) is 8.68. The van der Waals surface area contributed by atoms with Crippen molar-refractivity contribution >= 4 is 40.0 Å². The Hall–Kier alpha value is -2.58. The van der Waals surface area contributed by atoms with Crippen LogP contribution >= 0.6 is 23.1 Å². The van der Waals surface area contributed by atoms with Crippen molar-refractivity contribution in [2.75, 3.05) is 11.1 Å². The monoisotopic (exact) mass is 387 g/mol. The smallest absolute Gasteiger partial charge is 0.304 e. The van der Waals surface area contributed by atoms with Gasteiger partial charge in [0.1, 0.15) is 5.75 Å². The lowest BCUT2D eigenvalue weighted by atomic mass is 10.3. The first-order chi connectivity index (χ1) is 12.6. The number of ether oxygens (including phenoxy) is 1. The number of carbonyl (C=O) groups is 1. The third-order valence-corrected chi connectivity index (χ3v) is 5.07. The van der Waals surface area contributed by atoms with E-state index in [0.717, 1.165) is 15.7 Å². The van der Waals surface area contributed by atoms with Crippen LogP contribution in [0.3, 0.4) is 0 Å². The molecule has 2 aromatic heterocycles. The molecule has 0 amide bonds. The number of hydrogen-bond donors (Lipinski definition) is 2. The predicted octanol–water partition coefficient (Wildman–Crippen LogP) is 4.95. The van der Waals surface area contributed by atoms with Crippen LogP contribution in [0.5, 0.6) is 11.5 Å². The van der Waals surface area contributed by atoms with Crippen molar-refractivity contribution in [2.45, 2.75) is 18.2 Å². The van der Waals surface area contributed by atoms with Gasteiger partial charge in [0.05, 0.1) is 12.1 Å². The van der Waals surface area contributed by atoms with E-state index in [9.17, 15) is 4.79 Å². The molecule has 1 aromatic carbocycles. The quantitative estimate of drug-likeness (QED) is 0.529. The number of thioether (sulfide) groups is 1. The largest absolute Gasteiger partial charge is 0.481 e. The molecular weight excluding hydrogens is 370 g/mol. The molecule has 134 valence electrons. The van der Waals surface area contributed by atoms with Crippen molar-refractivity contribution in [3.63, 3.8) is 0 Å². The second-order valence-corrected chi connectivity index (χ2v) is 7.37. The number of carboxylic acids is 1. The van der Waals surface area contributed by atoms with Crippen molar-refractivity contribution in [1.29, 1.82) is 0 Å². The molecule has 0 saturated carbocycles. The molecule has 3 aromatic rings. The van der Waals surface area contributed by atoms with Crippen molar-refractivity contribution < 1.29 is 14.6 Å². The van der Waals surface area contributed by atoms with E-state index in [-0.39, 0.29) is 6.42 Å². The zero-order valence-electron chi connectivity index (χ0n) is 14.0. The van der Waals surface area contributed by atoms with Gasteiger partial charge in [-0.05, 0) is 25.1 Å². The number of anilines is 2. The maximum atomic E-state index is 10.7. The number of aryl methyl sites for hydroxylation is 1. The first-order valence-electron chi connectivity index (χ1n) is 7.87. The van der Waals surface area contributed by atoms with Crippen molar-refractivity contribution in [1.82, 2.24) is 9.97 Å². The first-order valence-corrected chi connectivity index (χ1v) is 9.73. The Balaban J connectivity index is 1.82. The number of nitrogens with zero attached hydrogens (tertiary/aromatic N) is 2. The Bertz CT molecular complexity index is 884. The fraction of sp³-hybridized carbons (Fsp3) is 0.167. The number of thiazole rings is 1. The molecule has 26 heavy (non-hydrogen) atoms. The van der Waals surface area contributed by atoms with Gasteiger partial charge in [-0.15, -0.1) is 23.1 Å². The van der Waals surface area contributed by atoms with Crippen LogP contribution < -0.4 is 10.1 Å². The van der Waals surface area contributed by atoms with Crippen LogP contribution in [-0.2, 0) is 4.79 Å². The summed E-state index contributed by atoms with van der Waals surface area (Å²) in [6, 6.07) is 11.3. The maximum absolute atomic E-state index is 10.7. The molecule has 2 N–H and O–H groups in total. The minimum atomic E-state index is -0.816. The van der Waals surface area contributed by atoms with E-state index < -0.39 is 5.97 Å². The molecule has 0 saturated heterocycles. The van der Waals surface area contributed by atoms with Crippen LogP contribution in [0.15, 0.2) is 52.9 Å². The van der Waals surface area contributed by atoms with Crippen molar-refractivity contribution in [3.05, 3.63) is 53.7 Å². The third kappa shape index (κ3) is 5.21. The van der Waals surface area contributed by atoms with Gasteiger partial charge < -0.3 is 15.2 Å². The van der Waals surface area contributed by atoms with Gasteiger partial charge in [-0.2, -0.15) is 0 Å². The fourth-order valence-corrected chi connectivity index (χ4v) is 3.58. The second-order valence-electron chi connectivity index (χ2n) is 5.34. The Morgan fingerprint density at radius 2 is 2.15 bits per heavy atom. The Morgan fingerprint density at radius 1 is 1.35 bits per heavy atom. The van der Waals surface area contributed by atoms with Crippen molar-refractivity contribution in [3.8, 4) is 11.5 Å². The average Bonchev–Trinajstić information content (AvgIpc) is 3.03. The summed E-state index contributed by atoms with van der Waals surface area (Å²) in [6.45, 7) is 1.93. The highest BCUT2D eigenvalue weighted by Gasteiger charge is 2.11. The van der Waals surface area contributed by atoms with Gasteiger partial charge in [0.25, 0.3) is 0 Å². The van der Waals surface area contributed by atoms with E-state index in [2.05, 4.69) is 15.3 Å². The normalized spacial score (nSPS) is 10.5. The SMILES string of the molecule is Cc1csc(Nc2ncc(SCCC(=O)O)cc2Oc2ccccc2)n1. The lowest BCUT2D eigenvalue weighted by Gasteiger charge is -2.12. The summed E-state index contributed by atoms with van der Waals surface area (Å²) >= 11 is 2.92. The number of carboxylic acid groups (broad SMARTS) is 1. The molecule has 8 heteroatoms. The first kappa shape index (κ1) is 18.2. The number of rotatable bonds is 8. The lowest BCUT2D eigenvalue weighted by Crippen LogP contribution is -1.99. The van der Waals surface area contributed by atoms with Crippen LogP contribution in [0, 0.1) is 6.92 Å². The molecule has 0 fully saturated rings. The zero-order valence-corrected chi connectivity index (χ0v) is 15.6. The molecular formula is C18H17N3O3S2. The van der Waals surface area contributed by atoms with E-state index in [4.69, 9.17) is 9.84 Å². The summed E-state index contributed by atoms with van der Waals surface area (Å²) < 4.78 is 5.98. The van der Waals surface area contributed by atoms with Crippen LogP contribution in [0.2, 0.25) is 0 Å².